The van der Waals surface area contributed by atoms with E-state index >= 15 is 0 Å². The molecule has 2 aromatic heterocycles. The molecule has 0 radical (unpaired) electrons. The Kier molecular flexibility index (Phi) is 3.30. The fourth-order valence-corrected chi connectivity index (χ4v) is 2.83. The third kappa shape index (κ3) is 2.21. The Hall–Kier alpha value is -2.11. The molecule has 0 fully saturated rings. The molecule has 3 aromatic rings. The molecule has 3 rings (SSSR count). The number of carbonyl (C=O) groups is 1. The van der Waals surface area contributed by atoms with Crippen molar-refractivity contribution in [2.24, 2.45) is 0 Å². The highest BCUT2D eigenvalue weighted by Gasteiger charge is 2.19. The zero-order chi connectivity index (χ0) is 14.1. The minimum absolute atomic E-state index is 0.160. The van der Waals surface area contributed by atoms with Crippen molar-refractivity contribution in [2.75, 3.05) is 0 Å². The van der Waals surface area contributed by atoms with E-state index in [1.54, 1.807) is 12.1 Å². The quantitative estimate of drug-likeness (QED) is 0.797. The predicted molar refractivity (Wildman–Crippen MR) is 78.8 cm³/mol. The molecule has 20 heavy (non-hydrogen) atoms. The second-order valence-electron chi connectivity index (χ2n) is 4.07. The van der Waals surface area contributed by atoms with Crippen molar-refractivity contribution in [1.29, 1.82) is 0 Å². The zero-order valence-electron chi connectivity index (χ0n) is 10.2. The normalized spacial score (nSPS) is 10.7. The topological polar surface area (TPSA) is 55.1 Å². The Morgan fingerprint density at radius 2 is 2.05 bits per heavy atom. The minimum atomic E-state index is -1.01. The van der Waals surface area contributed by atoms with Gasteiger partial charge in [-0.15, -0.1) is 11.3 Å². The molecule has 1 N–H and O–H groups in total. The predicted octanol–water partition coefficient (Wildman–Crippen LogP) is 3.95. The van der Waals surface area contributed by atoms with Crippen molar-refractivity contribution < 1.29 is 9.90 Å². The van der Waals surface area contributed by atoms with Gasteiger partial charge in [0.2, 0.25) is 0 Å². The van der Waals surface area contributed by atoms with Gasteiger partial charge < -0.3 is 5.11 Å². The summed E-state index contributed by atoms with van der Waals surface area (Å²) in [4.78, 5) is 12.2. The summed E-state index contributed by atoms with van der Waals surface area (Å²) in [7, 11) is 0. The van der Waals surface area contributed by atoms with Gasteiger partial charge in [0.05, 0.1) is 15.6 Å². The lowest BCUT2D eigenvalue weighted by Gasteiger charge is -2.02. The van der Waals surface area contributed by atoms with Gasteiger partial charge in [-0.3, -0.25) is 0 Å². The third-order valence-corrected chi connectivity index (χ3v) is 3.99. The van der Waals surface area contributed by atoms with Crippen LogP contribution < -0.4 is 0 Å². The summed E-state index contributed by atoms with van der Waals surface area (Å²) in [6, 6.07) is 10.9. The van der Waals surface area contributed by atoms with Crippen molar-refractivity contribution in [3.8, 4) is 16.3 Å². The van der Waals surface area contributed by atoms with Gasteiger partial charge in [-0.05, 0) is 23.6 Å². The molecule has 0 aliphatic carbocycles. The van der Waals surface area contributed by atoms with E-state index in [4.69, 9.17) is 11.6 Å². The van der Waals surface area contributed by atoms with E-state index < -0.39 is 5.97 Å². The van der Waals surface area contributed by atoms with Crippen LogP contribution >= 0.6 is 22.9 Å². The van der Waals surface area contributed by atoms with Crippen LogP contribution in [0.4, 0.5) is 0 Å². The second kappa shape index (κ2) is 5.11. The number of aromatic carboxylic acids is 1. The molecule has 1 aromatic carbocycles. The number of nitrogens with zero attached hydrogens (tertiary/aromatic N) is 2. The van der Waals surface area contributed by atoms with Gasteiger partial charge >= 0.3 is 5.97 Å². The third-order valence-electron chi connectivity index (χ3n) is 2.80. The van der Waals surface area contributed by atoms with E-state index in [1.165, 1.54) is 22.2 Å². The van der Waals surface area contributed by atoms with Crippen molar-refractivity contribution in [2.45, 2.75) is 0 Å². The molecule has 0 atom stereocenters. The standard InChI is InChI=1S/C14H9ClN2O2S/c15-10-4-1-2-5-11(10)17-8-9(14(18)19)13(16-17)12-6-3-7-20-12/h1-8H,(H,18,19). The van der Waals surface area contributed by atoms with Crippen LogP contribution in [0, 0.1) is 0 Å². The molecule has 0 spiro atoms. The lowest BCUT2D eigenvalue weighted by molar-refractivity contribution is 0.0697. The summed E-state index contributed by atoms with van der Waals surface area (Å²) in [6.45, 7) is 0. The fourth-order valence-electron chi connectivity index (χ4n) is 1.89. The number of para-hydroxylation sites is 1. The molecule has 0 aliphatic heterocycles. The molecule has 6 heteroatoms. The van der Waals surface area contributed by atoms with Crippen molar-refractivity contribution >= 4 is 28.9 Å². The van der Waals surface area contributed by atoms with Crippen LogP contribution in [0.5, 0.6) is 0 Å². The molecule has 0 saturated heterocycles. The van der Waals surface area contributed by atoms with Gasteiger partial charge in [-0.2, -0.15) is 5.10 Å². The molecular formula is C14H9ClN2O2S. The highest BCUT2D eigenvalue weighted by Crippen LogP contribution is 2.29. The van der Waals surface area contributed by atoms with Crippen molar-refractivity contribution in [3.63, 3.8) is 0 Å². The number of thiophene rings is 1. The summed E-state index contributed by atoms with van der Waals surface area (Å²) in [5.74, 6) is -1.01. The Morgan fingerprint density at radius 1 is 1.25 bits per heavy atom. The Morgan fingerprint density at radius 3 is 2.70 bits per heavy atom. The molecule has 4 nitrogen and oxygen atoms in total. The molecular weight excluding hydrogens is 296 g/mol. The minimum Gasteiger partial charge on any atom is -0.478 e. The molecule has 100 valence electrons. The Balaban J connectivity index is 2.18. The fraction of sp³-hybridized carbons (Fsp3) is 0. The van der Waals surface area contributed by atoms with Gasteiger partial charge in [0.1, 0.15) is 11.3 Å². The Bertz CT molecular complexity index is 765. The molecule has 0 aliphatic rings. The van der Waals surface area contributed by atoms with Crippen LogP contribution in [-0.2, 0) is 0 Å². The lowest BCUT2D eigenvalue weighted by atomic mass is 10.2. The first-order chi connectivity index (χ1) is 9.66. The first-order valence-corrected chi connectivity index (χ1v) is 7.04. The van der Waals surface area contributed by atoms with Crippen molar-refractivity contribution in [3.05, 3.63) is 58.6 Å². The van der Waals surface area contributed by atoms with Crippen LogP contribution in [0.3, 0.4) is 0 Å². The number of hydrogen-bond donors (Lipinski definition) is 1. The SMILES string of the molecule is O=C(O)c1cn(-c2ccccc2Cl)nc1-c1cccs1. The molecule has 0 amide bonds. The van der Waals surface area contributed by atoms with Crippen LogP contribution in [0.1, 0.15) is 10.4 Å². The maximum Gasteiger partial charge on any atom is 0.339 e. The van der Waals surface area contributed by atoms with E-state index in [9.17, 15) is 9.90 Å². The molecule has 2 heterocycles. The zero-order valence-corrected chi connectivity index (χ0v) is 11.7. The number of aromatic nitrogens is 2. The van der Waals surface area contributed by atoms with E-state index in [0.717, 1.165) is 4.88 Å². The molecule has 0 bridgehead atoms. The average Bonchev–Trinajstić information content (AvgIpc) is 3.08. The summed E-state index contributed by atoms with van der Waals surface area (Å²) in [5, 5.41) is 16.1. The number of benzene rings is 1. The summed E-state index contributed by atoms with van der Waals surface area (Å²) < 4.78 is 1.50. The summed E-state index contributed by atoms with van der Waals surface area (Å²) in [6.07, 6.45) is 1.48. The first-order valence-electron chi connectivity index (χ1n) is 5.78. The van der Waals surface area contributed by atoms with Gasteiger partial charge in [-0.25, -0.2) is 9.48 Å². The monoisotopic (exact) mass is 304 g/mol. The van der Waals surface area contributed by atoms with Gasteiger partial charge in [0.25, 0.3) is 0 Å². The summed E-state index contributed by atoms with van der Waals surface area (Å²) in [5.41, 5.74) is 1.26. The lowest BCUT2D eigenvalue weighted by Crippen LogP contribution is -1.96. The maximum atomic E-state index is 11.4. The highest BCUT2D eigenvalue weighted by atomic mass is 35.5. The number of carboxylic acids is 1. The van der Waals surface area contributed by atoms with E-state index in [1.807, 2.05) is 29.6 Å². The van der Waals surface area contributed by atoms with Crippen LogP contribution in [0.15, 0.2) is 48.0 Å². The Labute approximate surface area is 123 Å². The second-order valence-corrected chi connectivity index (χ2v) is 5.42. The van der Waals surface area contributed by atoms with Gasteiger partial charge in [0, 0.05) is 6.20 Å². The van der Waals surface area contributed by atoms with Gasteiger partial charge in [-0.1, -0.05) is 29.8 Å². The molecule has 0 unspecified atom stereocenters. The number of rotatable bonds is 3. The summed E-state index contributed by atoms with van der Waals surface area (Å²) >= 11 is 7.57. The number of halogens is 1. The van der Waals surface area contributed by atoms with E-state index in [-0.39, 0.29) is 5.56 Å². The van der Waals surface area contributed by atoms with E-state index in [0.29, 0.717) is 16.4 Å². The number of hydrogen-bond acceptors (Lipinski definition) is 3. The highest BCUT2D eigenvalue weighted by molar-refractivity contribution is 7.13. The molecule has 0 saturated carbocycles. The van der Waals surface area contributed by atoms with Crippen molar-refractivity contribution in [1.82, 2.24) is 9.78 Å². The first kappa shape index (κ1) is 12.9. The number of carboxylic acid groups (broad SMARTS) is 1. The van der Waals surface area contributed by atoms with Crippen LogP contribution in [-0.4, -0.2) is 20.9 Å². The van der Waals surface area contributed by atoms with Crippen LogP contribution in [0.25, 0.3) is 16.3 Å². The largest absolute Gasteiger partial charge is 0.478 e. The van der Waals surface area contributed by atoms with E-state index in [2.05, 4.69) is 5.10 Å². The smallest absolute Gasteiger partial charge is 0.339 e. The van der Waals surface area contributed by atoms with Gasteiger partial charge in [0.15, 0.2) is 0 Å². The average molecular weight is 305 g/mol. The maximum absolute atomic E-state index is 11.4. The van der Waals surface area contributed by atoms with Crippen LogP contribution in [0.2, 0.25) is 5.02 Å².